The molecule has 2 aromatic rings. The number of likely N-dealkylation sites (tertiary alicyclic amines) is 1. The number of carbonyl (C=O) groups is 3. The third-order valence-corrected chi connectivity index (χ3v) is 5.25. The number of urea groups is 1. The van der Waals surface area contributed by atoms with E-state index in [0.29, 0.717) is 31.6 Å². The molecule has 0 bridgehead atoms. The van der Waals surface area contributed by atoms with Crippen molar-refractivity contribution in [3.63, 3.8) is 0 Å². The second-order valence-electron chi connectivity index (χ2n) is 8.82. The van der Waals surface area contributed by atoms with E-state index in [1.54, 1.807) is 31.7 Å². The summed E-state index contributed by atoms with van der Waals surface area (Å²) in [5.41, 5.74) is 5.33. The number of anilines is 1. The number of carbonyl (C=O) groups excluding carboxylic acids is 3. The molecule has 0 aliphatic carbocycles. The van der Waals surface area contributed by atoms with Gasteiger partial charge in [-0.15, -0.1) is 0 Å². The lowest BCUT2D eigenvalue weighted by Crippen LogP contribution is -2.50. The van der Waals surface area contributed by atoms with E-state index in [4.69, 9.17) is 22.1 Å². The van der Waals surface area contributed by atoms with Gasteiger partial charge in [0.25, 0.3) is 5.91 Å². The monoisotopic (exact) mass is 479 g/mol. The number of rotatable bonds is 4. The number of ether oxygens (including phenoxy) is 1. The number of hydrogen-bond acceptors (Lipinski definition) is 4. The SMILES string of the molecule is CC(C)(C)OC(=O)N1CCCC(NC(=O)c2cn(-c3ccc(Cl)c(F)c3)cc2NC(N)=O)C1. The predicted octanol–water partition coefficient (Wildman–Crippen LogP) is 3.89. The molecule has 0 saturated carbocycles. The Morgan fingerprint density at radius 2 is 1.97 bits per heavy atom. The predicted molar refractivity (Wildman–Crippen MR) is 122 cm³/mol. The van der Waals surface area contributed by atoms with Crippen molar-refractivity contribution in [1.82, 2.24) is 14.8 Å². The van der Waals surface area contributed by atoms with Crippen LogP contribution >= 0.6 is 11.6 Å². The van der Waals surface area contributed by atoms with Gasteiger partial charge in [-0.25, -0.2) is 14.0 Å². The van der Waals surface area contributed by atoms with E-state index in [1.165, 1.54) is 29.1 Å². The highest BCUT2D eigenvalue weighted by Gasteiger charge is 2.29. The zero-order valence-corrected chi connectivity index (χ0v) is 19.4. The molecule has 1 aliphatic heterocycles. The van der Waals surface area contributed by atoms with Gasteiger partial charge in [-0.2, -0.15) is 0 Å². The maximum Gasteiger partial charge on any atom is 0.410 e. The number of halogens is 2. The summed E-state index contributed by atoms with van der Waals surface area (Å²) in [6, 6.07) is 3.01. The topological polar surface area (TPSA) is 119 Å². The Kier molecular flexibility index (Phi) is 7.16. The van der Waals surface area contributed by atoms with Crippen LogP contribution in [0, 0.1) is 5.82 Å². The van der Waals surface area contributed by atoms with Crippen molar-refractivity contribution < 1.29 is 23.5 Å². The summed E-state index contributed by atoms with van der Waals surface area (Å²) >= 11 is 5.74. The molecule has 1 saturated heterocycles. The van der Waals surface area contributed by atoms with Crippen LogP contribution in [0.4, 0.5) is 19.7 Å². The van der Waals surface area contributed by atoms with Gasteiger partial charge >= 0.3 is 12.1 Å². The average Bonchev–Trinajstić information content (AvgIpc) is 3.12. The number of aromatic nitrogens is 1. The van der Waals surface area contributed by atoms with Crippen LogP contribution in [0.5, 0.6) is 0 Å². The van der Waals surface area contributed by atoms with E-state index < -0.39 is 29.4 Å². The molecule has 178 valence electrons. The molecule has 1 fully saturated rings. The number of piperidine rings is 1. The quantitative estimate of drug-likeness (QED) is 0.616. The fourth-order valence-electron chi connectivity index (χ4n) is 3.51. The van der Waals surface area contributed by atoms with Crippen molar-refractivity contribution in [2.24, 2.45) is 5.73 Å². The van der Waals surface area contributed by atoms with Gasteiger partial charge < -0.3 is 30.6 Å². The Bertz CT molecular complexity index is 1070. The van der Waals surface area contributed by atoms with Crippen molar-refractivity contribution in [2.75, 3.05) is 18.4 Å². The number of nitrogens with one attached hydrogen (secondary N) is 2. The molecule has 1 unspecified atom stereocenters. The number of nitrogens with zero attached hydrogens (tertiary/aromatic N) is 2. The second-order valence-corrected chi connectivity index (χ2v) is 9.23. The van der Waals surface area contributed by atoms with Gasteiger partial charge in [-0.3, -0.25) is 4.79 Å². The Balaban J connectivity index is 1.78. The van der Waals surface area contributed by atoms with Crippen LogP contribution in [0.3, 0.4) is 0 Å². The standard InChI is InChI=1S/C22H27ClFN5O4/c1-22(2,3)33-21(32)28-8-4-5-13(10-28)26-19(30)15-11-29(12-18(15)27-20(25)31)14-6-7-16(23)17(24)9-14/h6-7,9,11-13H,4-5,8,10H2,1-3H3,(H,26,30)(H3,25,27,31). The molecule has 1 aliphatic rings. The van der Waals surface area contributed by atoms with Crippen LogP contribution in [0.2, 0.25) is 5.02 Å². The summed E-state index contributed by atoms with van der Waals surface area (Å²) in [6.07, 6.45) is 3.84. The van der Waals surface area contributed by atoms with Crippen LogP contribution in [-0.2, 0) is 4.74 Å². The van der Waals surface area contributed by atoms with Gasteiger partial charge in [0.2, 0.25) is 0 Å². The van der Waals surface area contributed by atoms with E-state index in [9.17, 15) is 18.8 Å². The van der Waals surface area contributed by atoms with Gasteiger partial charge in [0.05, 0.1) is 16.3 Å². The summed E-state index contributed by atoms with van der Waals surface area (Å²) in [5.74, 6) is -1.09. The van der Waals surface area contributed by atoms with Crippen LogP contribution in [-0.4, -0.2) is 52.2 Å². The highest BCUT2D eigenvalue weighted by molar-refractivity contribution is 6.30. The fourth-order valence-corrected chi connectivity index (χ4v) is 3.63. The van der Waals surface area contributed by atoms with E-state index in [0.717, 1.165) is 0 Å². The Morgan fingerprint density at radius 3 is 2.61 bits per heavy atom. The van der Waals surface area contributed by atoms with Crippen molar-refractivity contribution >= 4 is 35.3 Å². The zero-order chi connectivity index (χ0) is 24.3. The van der Waals surface area contributed by atoms with Gasteiger partial charge in [-0.05, 0) is 51.8 Å². The maximum atomic E-state index is 13.9. The third-order valence-electron chi connectivity index (χ3n) is 4.94. The molecule has 11 heteroatoms. The minimum Gasteiger partial charge on any atom is -0.444 e. The minimum atomic E-state index is -0.849. The van der Waals surface area contributed by atoms with Crippen LogP contribution in [0.25, 0.3) is 5.69 Å². The Hall–Kier alpha value is -3.27. The molecule has 4 N–H and O–H groups in total. The Morgan fingerprint density at radius 1 is 1.24 bits per heavy atom. The zero-order valence-electron chi connectivity index (χ0n) is 18.7. The lowest BCUT2D eigenvalue weighted by atomic mass is 10.1. The number of primary amides is 1. The average molecular weight is 480 g/mol. The van der Waals surface area contributed by atoms with E-state index >= 15 is 0 Å². The van der Waals surface area contributed by atoms with E-state index in [1.807, 2.05) is 0 Å². The second kappa shape index (κ2) is 9.70. The first-order valence-corrected chi connectivity index (χ1v) is 10.8. The summed E-state index contributed by atoms with van der Waals surface area (Å²) < 4.78 is 20.8. The first-order valence-electron chi connectivity index (χ1n) is 10.5. The lowest BCUT2D eigenvalue weighted by molar-refractivity contribution is 0.0185. The minimum absolute atomic E-state index is 0.0359. The molecule has 1 atom stereocenters. The largest absolute Gasteiger partial charge is 0.444 e. The molecule has 4 amide bonds. The van der Waals surface area contributed by atoms with Crippen molar-refractivity contribution in [3.8, 4) is 5.69 Å². The molecule has 1 aromatic heterocycles. The smallest absolute Gasteiger partial charge is 0.410 e. The van der Waals surface area contributed by atoms with Gasteiger partial charge in [-0.1, -0.05) is 11.6 Å². The number of amides is 4. The first kappa shape index (κ1) is 24.4. The lowest BCUT2D eigenvalue weighted by Gasteiger charge is -2.34. The van der Waals surface area contributed by atoms with Crippen molar-refractivity contribution in [3.05, 3.63) is 47.0 Å². The van der Waals surface area contributed by atoms with Crippen LogP contribution in [0.15, 0.2) is 30.6 Å². The molecule has 1 aromatic carbocycles. The summed E-state index contributed by atoms with van der Waals surface area (Å²) in [6.45, 7) is 6.20. The van der Waals surface area contributed by atoms with Gasteiger partial charge in [0.15, 0.2) is 0 Å². The normalized spacial score (nSPS) is 16.3. The molecule has 3 rings (SSSR count). The number of hydrogen-bond donors (Lipinski definition) is 3. The highest BCUT2D eigenvalue weighted by Crippen LogP contribution is 2.24. The highest BCUT2D eigenvalue weighted by atomic mass is 35.5. The molecule has 9 nitrogen and oxygen atoms in total. The number of benzene rings is 1. The molecule has 33 heavy (non-hydrogen) atoms. The fraction of sp³-hybridized carbons (Fsp3) is 0.409. The first-order chi connectivity index (χ1) is 15.4. The van der Waals surface area contributed by atoms with Crippen LogP contribution < -0.4 is 16.4 Å². The van der Waals surface area contributed by atoms with Gasteiger partial charge in [0, 0.05) is 37.2 Å². The van der Waals surface area contributed by atoms with Gasteiger partial charge in [0.1, 0.15) is 11.4 Å². The van der Waals surface area contributed by atoms with E-state index in [-0.39, 0.29) is 22.3 Å². The van der Waals surface area contributed by atoms with E-state index in [2.05, 4.69) is 10.6 Å². The summed E-state index contributed by atoms with van der Waals surface area (Å²) in [4.78, 5) is 38.4. The third kappa shape index (κ3) is 6.38. The molecular weight excluding hydrogens is 453 g/mol. The summed E-state index contributed by atoms with van der Waals surface area (Å²) in [7, 11) is 0. The van der Waals surface area contributed by atoms with Crippen molar-refractivity contribution in [2.45, 2.75) is 45.3 Å². The molecular formula is C22H27ClFN5O4. The molecule has 2 heterocycles. The van der Waals surface area contributed by atoms with Crippen LogP contribution in [0.1, 0.15) is 44.0 Å². The Labute approximate surface area is 196 Å². The molecule has 0 radical (unpaired) electrons. The number of nitrogens with two attached hydrogens (primary N) is 1. The summed E-state index contributed by atoms with van der Waals surface area (Å²) in [5, 5.41) is 5.27. The van der Waals surface area contributed by atoms with Crippen molar-refractivity contribution in [1.29, 1.82) is 0 Å². The molecule has 0 spiro atoms. The maximum absolute atomic E-state index is 13.9.